The molecular weight excluding hydrogens is 370 g/mol. The van der Waals surface area contributed by atoms with E-state index in [2.05, 4.69) is 0 Å². The number of methoxy groups -OCH3 is 3. The Kier molecular flexibility index (Phi) is 5.49. The van der Waals surface area contributed by atoms with Crippen molar-refractivity contribution >= 4 is 46.0 Å². The van der Waals surface area contributed by atoms with Crippen molar-refractivity contribution in [1.29, 1.82) is 0 Å². The third-order valence-electron chi connectivity index (χ3n) is 3.85. The van der Waals surface area contributed by atoms with E-state index < -0.39 is 0 Å². The molecule has 2 aromatic carbocycles. The zero-order valence-corrected chi connectivity index (χ0v) is 16.1. The summed E-state index contributed by atoms with van der Waals surface area (Å²) in [4.78, 5) is 14.9. The Hall–Kier alpha value is -2.51. The van der Waals surface area contributed by atoms with Gasteiger partial charge >= 0.3 is 0 Å². The second-order valence-electron chi connectivity index (χ2n) is 5.32. The number of benzene rings is 2. The van der Waals surface area contributed by atoms with Crippen molar-refractivity contribution in [3.05, 3.63) is 52.9 Å². The Morgan fingerprint density at radius 1 is 0.962 bits per heavy atom. The first-order valence-electron chi connectivity index (χ1n) is 7.71. The normalized spacial score (nSPS) is 15.5. The largest absolute Gasteiger partial charge is 0.497 e. The van der Waals surface area contributed by atoms with E-state index >= 15 is 0 Å². The fraction of sp³-hybridized carbons (Fsp3) is 0.158. The number of thioether (sulfide) groups is 1. The molecule has 3 rings (SSSR count). The molecule has 0 unspecified atom stereocenters. The number of amides is 1. The van der Waals surface area contributed by atoms with Gasteiger partial charge in [-0.25, -0.2) is 0 Å². The van der Waals surface area contributed by atoms with Crippen LogP contribution in [0.5, 0.6) is 17.2 Å². The first kappa shape index (κ1) is 18.3. The number of hydrogen-bond acceptors (Lipinski definition) is 6. The summed E-state index contributed by atoms with van der Waals surface area (Å²) in [6, 6.07) is 12.6. The van der Waals surface area contributed by atoms with Gasteiger partial charge in [-0.05, 0) is 42.5 Å². The summed E-state index contributed by atoms with van der Waals surface area (Å²) in [6.07, 6.45) is 1.78. The maximum atomic E-state index is 12.9. The lowest BCUT2D eigenvalue weighted by atomic mass is 10.1. The maximum Gasteiger partial charge on any atom is 0.270 e. The standard InChI is InChI=1S/C19H17NO4S2/c1-22-14-8-5-13(6-9-14)20-18(21)17(26-19(20)25)10-12-4-7-15(23-2)11-16(12)24-3/h4-11H,1-3H3/b17-10-. The molecule has 0 bridgehead atoms. The number of carbonyl (C=O) groups excluding carboxylic acids is 1. The Bertz CT molecular complexity index is 878. The minimum atomic E-state index is -0.164. The van der Waals surface area contributed by atoms with Gasteiger partial charge in [0.05, 0.1) is 31.9 Å². The predicted octanol–water partition coefficient (Wildman–Crippen LogP) is 4.12. The number of hydrogen-bond donors (Lipinski definition) is 0. The van der Waals surface area contributed by atoms with Gasteiger partial charge in [-0.15, -0.1) is 0 Å². The van der Waals surface area contributed by atoms with Crippen LogP contribution < -0.4 is 19.1 Å². The SMILES string of the molecule is COc1ccc(N2C(=O)/C(=C/c3ccc(OC)cc3OC)SC2=S)cc1. The Balaban J connectivity index is 1.92. The Morgan fingerprint density at radius 3 is 2.23 bits per heavy atom. The highest BCUT2D eigenvalue weighted by molar-refractivity contribution is 8.27. The van der Waals surface area contributed by atoms with Gasteiger partial charge in [0.15, 0.2) is 4.32 Å². The van der Waals surface area contributed by atoms with Crippen molar-refractivity contribution in [1.82, 2.24) is 0 Å². The quantitative estimate of drug-likeness (QED) is 0.568. The van der Waals surface area contributed by atoms with Crippen LogP contribution in [-0.4, -0.2) is 31.6 Å². The zero-order valence-electron chi connectivity index (χ0n) is 14.5. The minimum Gasteiger partial charge on any atom is -0.497 e. The summed E-state index contributed by atoms with van der Waals surface area (Å²) in [6.45, 7) is 0. The average Bonchev–Trinajstić information content (AvgIpc) is 2.95. The first-order valence-corrected chi connectivity index (χ1v) is 8.94. The van der Waals surface area contributed by atoms with Crippen molar-refractivity contribution in [3.8, 4) is 17.2 Å². The molecule has 0 N–H and O–H groups in total. The smallest absolute Gasteiger partial charge is 0.270 e. The van der Waals surface area contributed by atoms with E-state index in [-0.39, 0.29) is 5.91 Å². The van der Waals surface area contributed by atoms with E-state index in [1.54, 1.807) is 57.7 Å². The maximum absolute atomic E-state index is 12.9. The molecule has 1 saturated heterocycles. The van der Waals surface area contributed by atoms with Crippen molar-refractivity contribution in [2.24, 2.45) is 0 Å². The average molecular weight is 387 g/mol. The fourth-order valence-electron chi connectivity index (χ4n) is 2.50. The molecule has 0 saturated carbocycles. The van der Waals surface area contributed by atoms with Gasteiger partial charge in [-0.2, -0.15) is 0 Å². The number of ether oxygens (including phenoxy) is 3. The predicted molar refractivity (Wildman–Crippen MR) is 108 cm³/mol. The molecule has 0 aliphatic carbocycles. The van der Waals surface area contributed by atoms with Gasteiger partial charge in [0.2, 0.25) is 0 Å². The molecule has 2 aromatic rings. The number of carbonyl (C=O) groups is 1. The van der Waals surface area contributed by atoms with Gasteiger partial charge < -0.3 is 14.2 Å². The highest BCUT2D eigenvalue weighted by atomic mass is 32.2. The number of nitrogens with zero attached hydrogens (tertiary/aromatic N) is 1. The zero-order chi connectivity index (χ0) is 18.7. The summed E-state index contributed by atoms with van der Waals surface area (Å²) in [5, 5.41) is 0. The van der Waals surface area contributed by atoms with E-state index in [1.165, 1.54) is 16.7 Å². The molecule has 1 heterocycles. The van der Waals surface area contributed by atoms with E-state index in [0.717, 1.165) is 11.3 Å². The van der Waals surface area contributed by atoms with E-state index in [4.69, 9.17) is 26.4 Å². The van der Waals surface area contributed by atoms with Crippen LogP contribution in [0, 0.1) is 0 Å². The topological polar surface area (TPSA) is 48.0 Å². The summed E-state index contributed by atoms with van der Waals surface area (Å²) >= 11 is 6.66. The van der Waals surface area contributed by atoms with Crippen LogP contribution in [0.1, 0.15) is 5.56 Å². The monoisotopic (exact) mass is 387 g/mol. The number of rotatable bonds is 5. The number of thiocarbonyl (C=S) groups is 1. The third kappa shape index (κ3) is 3.54. The third-order valence-corrected chi connectivity index (χ3v) is 5.15. The first-order chi connectivity index (χ1) is 12.6. The van der Waals surface area contributed by atoms with Gasteiger partial charge in [-0.1, -0.05) is 24.0 Å². The highest BCUT2D eigenvalue weighted by Gasteiger charge is 2.33. The fourth-order valence-corrected chi connectivity index (χ4v) is 3.79. The summed E-state index contributed by atoms with van der Waals surface area (Å²) < 4.78 is 16.2. The lowest BCUT2D eigenvalue weighted by Gasteiger charge is -2.14. The Labute approximate surface area is 161 Å². The Morgan fingerprint density at radius 2 is 1.62 bits per heavy atom. The second-order valence-corrected chi connectivity index (χ2v) is 7.00. The van der Waals surface area contributed by atoms with Gasteiger partial charge in [0.25, 0.3) is 5.91 Å². The molecular formula is C19H17NO4S2. The van der Waals surface area contributed by atoms with Crippen LogP contribution in [0.4, 0.5) is 5.69 Å². The molecule has 1 aliphatic rings. The van der Waals surface area contributed by atoms with Crippen molar-refractivity contribution < 1.29 is 19.0 Å². The summed E-state index contributed by atoms with van der Waals surface area (Å²) in [5.41, 5.74) is 1.49. The molecule has 1 amide bonds. The van der Waals surface area contributed by atoms with Crippen LogP contribution in [0.15, 0.2) is 47.4 Å². The van der Waals surface area contributed by atoms with E-state index in [1.807, 2.05) is 12.1 Å². The van der Waals surface area contributed by atoms with Crippen LogP contribution in [0.25, 0.3) is 6.08 Å². The van der Waals surface area contributed by atoms with Crippen LogP contribution in [0.2, 0.25) is 0 Å². The molecule has 0 atom stereocenters. The summed E-state index contributed by atoms with van der Waals surface area (Å²) in [5.74, 6) is 1.87. The van der Waals surface area contributed by atoms with Crippen LogP contribution >= 0.6 is 24.0 Å². The van der Waals surface area contributed by atoms with Crippen LogP contribution in [0.3, 0.4) is 0 Å². The molecule has 0 aromatic heterocycles. The van der Waals surface area contributed by atoms with E-state index in [9.17, 15) is 4.79 Å². The second kappa shape index (κ2) is 7.80. The van der Waals surface area contributed by atoms with Crippen molar-refractivity contribution in [3.63, 3.8) is 0 Å². The highest BCUT2D eigenvalue weighted by Crippen LogP contribution is 2.38. The van der Waals surface area contributed by atoms with E-state index in [0.29, 0.717) is 26.4 Å². The molecule has 0 radical (unpaired) electrons. The molecule has 5 nitrogen and oxygen atoms in total. The molecule has 7 heteroatoms. The lowest BCUT2D eigenvalue weighted by Crippen LogP contribution is -2.27. The number of anilines is 1. The molecule has 26 heavy (non-hydrogen) atoms. The molecule has 134 valence electrons. The summed E-state index contributed by atoms with van der Waals surface area (Å²) in [7, 11) is 4.77. The minimum absolute atomic E-state index is 0.164. The molecule has 1 fully saturated rings. The van der Waals surface area contributed by atoms with Gasteiger partial charge in [0, 0.05) is 11.6 Å². The van der Waals surface area contributed by atoms with Gasteiger partial charge in [-0.3, -0.25) is 9.69 Å². The van der Waals surface area contributed by atoms with Crippen molar-refractivity contribution in [2.45, 2.75) is 0 Å². The lowest BCUT2D eigenvalue weighted by molar-refractivity contribution is -0.113. The van der Waals surface area contributed by atoms with Crippen molar-refractivity contribution in [2.75, 3.05) is 26.2 Å². The van der Waals surface area contributed by atoms with Crippen LogP contribution in [-0.2, 0) is 4.79 Å². The molecule has 0 spiro atoms. The molecule has 1 aliphatic heterocycles. The van der Waals surface area contributed by atoms with Gasteiger partial charge in [0.1, 0.15) is 17.2 Å².